The van der Waals surface area contributed by atoms with Crippen LogP contribution in [0.1, 0.15) is 19.2 Å². The van der Waals surface area contributed by atoms with Crippen molar-refractivity contribution in [3.63, 3.8) is 0 Å². The maximum absolute atomic E-state index is 13.2. The molecule has 3 nitrogen and oxygen atoms in total. The lowest BCUT2D eigenvalue weighted by Crippen LogP contribution is -2.43. The first kappa shape index (κ1) is 16.1. The Morgan fingerprint density at radius 2 is 1.90 bits per heavy atom. The lowest BCUT2D eigenvalue weighted by atomic mass is 9.94. The molecule has 0 aliphatic rings. The van der Waals surface area contributed by atoms with Gasteiger partial charge in [0.15, 0.2) is 0 Å². The summed E-state index contributed by atoms with van der Waals surface area (Å²) in [6, 6.07) is 2.68. The zero-order chi connectivity index (χ0) is 16.0. The van der Waals surface area contributed by atoms with Crippen LogP contribution in [0.3, 0.4) is 0 Å². The second-order valence-corrected chi connectivity index (χ2v) is 5.68. The molecular weight excluding hydrogens is 328 g/mol. The first-order valence-electron chi connectivity index (χ1n) is 5.83. The van der Waals surface area contributed by atoms with Crippen molar-refractivity contribution < 1.29 is 18.3 Å². The number of aliphatic hydroxyl groups is 1. The third-order valence-corrected chi connectivity index (χ3v) is 3.66. The predicted octanol–water partition coefficient (Wildman–Crippen LogP) is 4.59. The van der Waals surface area contributed by atoms with Crippen LogP contribution in [0.15, 0.2) is 24.3 Å². The van der Waals surface area contributed by atoms with E-state index in [4.69, 9.17) is 23.2 Å². The van der Waals surface area contributed by atoms with E-state index in [0.29, 0.717) is 0 Å². The van der Waals surface area contributed by atoms with Gasteiger partial charge in [0.2, 0.25) is 5.60 Å². The zero-order valence-electron chi connectivity index (χ0n) is 10.9. The van der Waals surface area contributed by atoms with Gasteiger partial charge in [-0.25, -0.2) is 4.98 Å². The van der Waals surface area contributed by atoms with Crippen LogP contribution < -0.4 is 0 Å². The number of aromatic amines is 1. The molecule has 0 amide bonds. The molecule has 1 aromatic carbocycles. The van der Waals surface area contributed by atoms with E-state index in [-0.39, 0.29) is 26.7 Å². The van der Waals surface area contributed by atoms with Crippen LogP contribution in [-0.2, 0) is 5.60 Å². The van der Waals surface area contributed by atoms with Crippen molar-refractivity contribution in [3.05, 3.63) is 40.2 Å². The predicted molar refractivity (Wildman–Crippen MR) is 75.5 cm³/mol. The molecular formula is C13H11Cl2F3N2O. The number of H-pyrrole nitrogens is 1. The van der Waals surface area contributed by atoms with E-state index in [0.717, 1.165) is 0 Å². The Kier molecular flexibility index (Phi) is 3.99. The van der Waals surface area contributed by atoms with Gasteiger partial charge in [-0.1, -0.05) is 28.8 Å². The standard InChI is InChI=1S/C13H11Cl2F3N2O/c1-6(2)5-12(21,13(16,17)18)11-19-9-3-7(14)8(15)4-10(9)20-11/h3-4,21H,1,5H2,2H3,(H,19,20). The second-order valence-electron chi connectivity index (χ2n) is 4.86. The number of rotatable bonds is 3. The van der Waals surface area contributed by atoms with Crippen molar-refractivity contribution in [2.45, 2.75) is 25.1 Å². The smallest absolute Gasteiger partial charge is 0.374 e. The SMILES string of the molecule is C=C(C)CC(O)(c1nc2cc(Cl)c(Cl)cc2[nH]1)C(F)(F)F. The van der Waals surface area contributed by atoms with E-state index in [2.05, 4.69) is 16.5 Å². The summed E-state index contributed by atoms with van der Waals surface area (Å²) in [6.45, 7) is 4.81. The molecule has 0 fully saturated rings. The Bertz CT molecular complexity index is 672. The van der Waals surface area contributed by atoms with E-state index in [9.17, 15) is 18.3 Å². The molecule has 0 bridgehead atoms. The Balaban J connectivity index is 2.63. The van der Waals surface area contributed by atoms with Crippen molar-refractivity contribution >= 4 is 34.2 Å². The molecule has 1 heterocycles. The van der Waals surface area contributed by atoms with E-state index >= 15 is 0 Å². The topological polar surface area (TPSA) is 48.9 Å². The lowest BCUT2D eigenvalue weighted by Gasteiger charge is -2.28. The fraction of sp³-hybridized carbons (Fsp3) is 0.308. The highest BCUT2D eigenvalue weighted by molar-refractivity contribution is 6.42. The Morgan fingerprint density at radius 3 is 2.43 bits per heavy atom. The molecule has 2 rings (SSSR count). The molecule has 0 aliphatic heterocycles. The van der Waals surface area contributed by atoms with Crippen LogP contribution in [0.25, 0.3) is 11.0 Å². The van der Waals surface area contributed by atoms with Crippen LogP contribution in [0.2, 0.25) is 10.0 Å². The van der Waals surface area contributed by atoms with Gasteiger partial charge < -0.3 is 10.1 Å². The summed E-state index contributed by atoms with van der Waals surface area (Å²) in [4.78, 5) is 6.25. The summed E-state index contributed by atoms with van der Waals surface area (Å²) in [5.74, 6) is -0.619. The van der Waals surface area contributed by atoms with Crippen molar-refractivity contribution in [2.75, 3.05) is 0 Å². The number of alkyl halides is 3. The number of hydrogen-bond donors (Lipinski definition) is 2. The zero-order valence-corrected chi connectivity index (χ0v) is 12.4. The molecule has 0 spiro atoms. The molecule has 114 valence electrons. The Hall–Kier alpha value is -1.24. The molecule has 0 aliphatic carbocycles. The van der Waals surface area contributed by atoms with Crippen LogP contribution >= 0.6 is 23.2 Å². The van der Waals surface area contributed by atoms with Crippen LogP contribution in [-0.4, -0.2) is 21.3 Å². The van der Waals surface area contributed by atoms with Crippen molar-refractivity contribution in [3.8, 4) is 0 Å². The van der Waals surface area contributed by atoms with Crippen LogP contribution in [0, 0.1) is 0 Å². The average Bonchev–Trinajstić information content (AvgIpc) is 2.70. The quantitative estimate of drug-likeness (QED) is 0.804. The Morgan fingerprint density at radius 1 is 1.33 bits per heavy atom. The number of halogens is 5. The number of aromatic nitrogens is 2. The van der Waals surface area contributed by atoms with Gasteiger partial charge in [0, 0.05) is 6.42 Å². The van der Waals surface area contributed by atoms with Gasteiger partial charge >= 0.3 is 6.18 Å². The van der Waals surface area contributed by atoms with Crippen LogP contribution in [0.5, 0.6) is 0 Å². The van der Waals surface area contributed by atoms with Gasteiger partial charge in [0.25, 0.3) is 0 Å². The maximum Gasteiger partial charge on any atom is 0.424 e. The van der Waals surface area contributed by atoms with Gasteiger partial charge in [-0.3, -0.25) is 0 Å². The maximum atomic E-state index is 13.2. The number of nitrogens with one attached hydrogen (secondary N) is 1. The van der Waals surface area contributed by atoms with E-state index < -0.39 is 24.0 Å². The lowest BCUT2D eigenvalue weighted by molar-refractivity contribution is -0.268. The van der Waals surface area contributed by atoms with Gasteiger partial charge in [0.1, 0.15) is 5.82 Å². The summed E-state index contributed by atoms with van der Waals surface area (Å²) in [5.41, 5.74) is -2.53. The molecule has 1 unspecified atom stereocenters. The minimum absolute atomic E-state index is 0.165. The summed E-state index contributed by atoms with van der Waals surface area (Å²) in [7, 11) is 0. The minimum atomic E-state index is -4.91. The molecule has 1 aromatic heterocycles. The number of nitrogens with zero attached hydrogens (tertiary/aromatic N) is 1. The first-order valence-corrected chi connectivity index (χ1v) is 6.59. The summed E-state index contributed by atoms with van der Waals surface area (Å²) < 4.78 is 39.7. The molecule has 21 heavy (non-hydrogen) atoms. The largest absolute Gasteiger partial charge is 0.424 e. The van der Waals surface area contributed by atoms with Gasteiger partial charge in [0.05, 0.1) is 21.1 Å². The number of imidazole rings is 1. The van der Waals surface area contributed by atoms with E-state index in [1.165, 1.54) is 19.1 Å². The van der Waals surface area contributed by atoms with Gasteiger partial charge in [-0.05, 0) is 19.1 Å². The molecule has 0 radical (unpaired) electrons. The molecule has 8 heteroatoms. The summed E-state index contributed by atoms with van der Waals surface area (Å²) in [6.07, 6.45) is -5.61. The van der Waals surface area contributed by atoms with Gasteiger partial charge in [-0.15, -0.1) is 6.58 Å². The monoisotopic (exact) mass is 338 g/mol. The fourth-order valence-electron chi connectivity index (χ4n) is 1.96. The second kappa shape index (κ2) is 5.19. The number of fused-ring (bicyclic) bond motifs is 1. The normalized spacial score (nSPS) is 15.2. The highest BCUT2D eigenvalue weighted by Crippen LogP contribution is 2.42. The van der Waals surface area contributed by atoms with E-state index in [1.54, 1.807) is 0 Å². The third-order valence-electron chi connectivity index (χ3n) is 2.94. The molecule has 2 aromatic rings. The summed E-state index contributed by atoms with van der Waals surface area (Å²) in [5, 5.41) is 10.4. The Labute approximate surface area is 128 Å². The molecule has 1 atom stereocenters. The molecule has 0 saturated carbocycles. The molecule has 2 N–H and O–H groups in total. The van der Waals surface area contributed by atoms with Gasteiger partial charge in [-0.2, -0.15) is 13.2 Å². The average molecular weight is 339 g/mol. The number of benzene rings is 1. The highest BCUT2D eigenvalue weighted by Gasteiger charge is 2.57. The van der Waals surface area contributed by atoms with Crippen LogP contribution in [0.4, 0.5) is 13.2 Å². The van der Waals surface area contributed by atoms with Crippen molar-refractivity contribution in [2.24, 2.45) is 0 Å². The first-order chi connectivity index (χ1) is 9.54. The minimum Gasteiger partial charge on any atom is -0.374 e. The molecule has 0 saturated heterocycles. The van der Waals surface area contributed by atoms with Crippen molar-refractivity contribution in [1.29, 1.82) is 0 Å². The van der Waals surface area contributed by atoms with E-state index in [1.807, 2.05) is 0 Å². The number of hydrogen-bond acceptors (Lipinski definition) is 2. The summed E-state index contributed by atoms with van der Waals surface area (Å²) >= 11 is 11.6. The third kappa shape index (κ3) is 2.88. The fourth-order valence-corrected chi connectivity index (χ4v) is 2.28. The highest BCUT2D eigenvalue weighted by atomic mass is 35.5. The van der Waals surface area contributed by atoms with Crippen molar-refractivity contribution in [1.82, 2.24) is 9.97 Å².